The monoisotopic (exact) mass is 324 g/mol. The molecule has 0 radical (unpaired) electrons. The molecule has 1 aliphatic heterocycles. The Morgan fingerprint density at radius 3 is 2.38 bits per heavy atom. The van der Waals surface area contributed by atoms with Crippen LogP contribution in [0.5, 0.6) is 0 Å². The maximum Gasteiger partial charge on any atom is 0.326 e. The third-order valence-electron chi connectivity index (χ3n) is 4.43. The van der Waals surface area contributed by atoms with Crippen LogP contribution in [0.1, 0.15) is 16.7 Å². The number of fused-ring (bicyclic) bond motifs is 1. The summed E-state index contributed by atoms with van der Waals surface area (Å²) in [5.41, 5.74) is 9.00. The summed E-state index contributed by atoms with van der Waals surface area (Å²) in [6, 6.07) is 15.5. The fourth-order valence-electron chi connectivity index (χ4n) is 3.14. The molecule has 2 atom stereocenters. The van der Waals surface area contributed by atoms with Gasteiger partial charge in [0, 0.05) is 13.0 Å². The van der Waals surface area contributed by atoms with E-state index < -0.39 is 18.1 Å². The zero-order valence-electron chi connectivity index (χ0n) is 13.3. The molecule has 124 valence electrons. The molecule has 5 heteroatoms. The van der Waals surface area contributed by atoms with Crippen LogP contribution < -0.4 is 5.73 Å². The Balaban J connectivity index is 1.80. The molecule has 0 fully saturated rings. The van der Waals surface area contributed by atoms with Crippen molar-refractivity contribution in [2.45, 2.75) is 31.5 Å². The molecule has 1 aliphatic rings. The number of carbonyl (C=O) groups is 2. The molecular formula is C19H20N2O3. The Morgan fingerprint density at radius 1 is 1.08 bits per heavy atom. The molecule has 0 spiro atoms. The van der Waals surface area contributed by atoms with E-state index in [1.165, 1.54) is 4.90 Å². The minimum absolute atomic E-state index is 0.286. The lowest BCUT2D eigenvalue weighted by Crippen LogP contribution is -2.54. The highest BCUT2D eigenvalue weighted by molar-refractivity contribution is 5.87. The van der Waals surface area contributed by atoms with E-state index in [4.69, 9.17) is 5.73 Å². The highest BCUT2D eigenvalue weighted by Gasteiger charge is 2.36. The standard InChI is InChI=1S/C19H20N2O3/c20-16(10-13-6-2-1-3-7-13)18(22)21-12-15-9-5-4-8-14(15)11-17(21)19(23)24/h1-9,16-17H,10-12,20H2,(H,23,24)/t16?,17-/m0/s1. The first-order valence-electron chi connectivity index (χ1n) is 7.96. The summed E-state index contributed by atoms with van der Waals surface area (Å²) in [4.78, 5) is 25.8. The van der Waals surface area contributed by atoms with Gasteiger partial charge in [-0.1, -0.05) is 54.6 Å². The highest BCUT2D eigenvalue weighted by Crippen LogP contribution is 2.24. The van der Waals surface area contributed by atoms with Crippen LogP contribution in [0.4, 0.5) is 0 Å². The van der Waals surface area contributed by atoms with Crippen LogP contribution in [0.25, 0.3) is 0 Å². The van der Waals surface area contributed by atoms with Crippen molar-refractivity contribution in [3.63, 3.8) is 0 Å². The molecular weight excluding hydrogens is 304 g/mol. The van der Waals surface area contributed by atoms with Crippen molar-refractivity contribution in [2.75, 3.05) is 0 Å². The number of carboxylic acid groups (broad SMARTS) is 1. The van der Waals surface area contributed by atoms with Gasteiger partial charge in [-0.25, -0.2) is 4.79 Å². The van der Waals surface area contributed by atoms with Gasteiger partial charge in [-0.2, -0.15) is 0 Å². The van der Waals surface area contributed by atoms with Gasteiger partial charge in [-0.3, -0.25) is 4.79 Å². The number of nitrogens with two attached hydrogens (primary N) is 1. The van der Waals surface area contributed by atoms with E-state index >= 15 is 0 Å². The molecule has 1 heterocycles. The second-order valence-corrected chi connectivity index (χ2v) is 6.09. The Labute approximate surface area is 140 Å². The van der Waals surface area contributed by atoms with Crippen molar-refractivity contribution in [2.24, 2.45) is 5.73 Å². The van der Waals surface area contributed by atoms with Crippen molar-refractivity contribution in [1.82, 2.24) is 4.90 Å². The van der Waals surface area contributed by atoms with Crippen LogP contribution in [0.3, 0.4) is 0 Å². The molecule has 5 nitrogen and oxygen atoms in total. The first-order valence-corrected chi connectivity index (χ1v) is 7.96. The van der Waals surface area contributed by atoms with Crippen LogP contribution in [-0.4, -0.2) is 34.0 Å². The Bertz CT molecular complexity index is 745. The van der Waals surface area contributed by atoms with Gasteiger partial charge in [0.15, 0.2) is 0 Å². The minimum Gasteiger partial charge on any atom is -0.480 e. The van der Waals surface area contributed by atoms with Gasteiger partial charge in [0.05, 0.1) is 6.04 Å². The maximum atomic E-state index is 12.8. The van der Waals surface area contributed by atoms with E-state index in [0.29, 0.717) is 12.8 Å². The summed E-state index contributed by atoms with van der Waals surface area (Å²) in [7, 11) is 0. The van der Waals surface area contributed by atoms with Crippen LogP contribution in [0, 0.1) is 0 Å². The number of hydrogen-bond donors (Lipinski definition) is 2. The predicted molar refractivity (Wildman–Crippen MR) is 90.2 cm³/mol. The number of nitrogens with zero attached hydrogens (tertiary/aromatic N) is 1. The third-order valence-corrected chi connectivity index (χ3v) is 4.43. The molecule has 2 aromatic rings. The molecule has 1 unspecified atom stereocenters. The normalized spacial score (nSPS) is 17.9. The van der Waals surface area contributed by atoms with E-state index in [1.54, 1.807) is 0 Å². The summed E-state index contributed by atoms with van der Waals surface area (Å²) in [6.07, 6.45) is 0.708. The van der Waals surface area contributed by atoms with Crippen molar-refractivity contribution in [3.8, 4) is 0 Å². The van der Waals surface area contributed by atoms with Crippen molar-refractivity contribution in [1.29, 1.82) is 0 Å². The van der Waals surface area contributed by atoms with Gasteiger partial charge >= 0.3 is 5.97 Å². The van der Waals surface area contributed by atoms with Crippen molar-refractivity contribution >= 4 is 11.9 Å². The first-order chi connectivity index (χ1) is 11.6. The molecule has 0 saturated heterocycles. The average Bonchev–Trinajstić information content (AvgIpc) is 2.60. The summed E-state index contributed by atoms with van der Waals surface area (Å²) < 4.78 is 0. The van der Waals surface area contributed by atoms with Gasteiger partial charge in [0.1, 0.15) is 6.04 Å². The summed E-state index contributed by atoms with van der Waals surface area (Å²) in [5.74, 6) is -1.31. The number of carboxylic acids is 1. The topological polar surface area (TPSA) is 83.6 Å². The molecule has 0 aliphatic carbocycles. The quantitative estimate of drug-likeness (QED) is 0.895. The zero-order chi connectivity index (χ0) is 17.1. The third kappa shape index (κ3) is 3.31. The van der Waals surface area contributed by atoms with Crippen LogP contribution in [-0.2, 0) is 29.0 Å². The molecule has 24 heavy (non-hydrogen) atoms. The van der Waals surface area contributed by atoms with Crippen molar-refractivity contribution < 1.29 is 14.7 Å². The predicted octanol–water partition coefficient (Wildman–Crippen LogP) is 1.59. The second-order valence-electron chi connectivity index (χ2n) is 6.09. The fraction of sp³-hybridized carbons (Fsp3) is 0.263. The first kappa shape index (κ1) is 16.2. The Morgan fingerprint density at radius 2 is 1.71 bits per heavy atom. The van der Waals surface area contributed by atoms with E-state index in [9.17, 15) is 14.7 Å². The largest absolute Gasteiger partial charge is 0.480 e. The lowest BCUT2D eigenvalue weighted by Gasteiger charge is -2.36. The SMILES string of the molecule is NC(Cc1ccccc1)C(=O)N1Cc2ccccc2C[C@H]1C(=O)O. The Hall–Kier alpha value is -2.66. The number of amides is 1. The second kappa shape index (κ2) is 6.84. The fourth-order valence-corrected chi connectivity index (χ4v) is 3.14. The lowest BCUT2D eigenvalue weighted by molar-refractivity contribution is -0.152. The summed E-state index contributed by atoms with van der Waals surface area (Å²) >= 11 is 0. The number of aliphatic carboxylic acids is 1. The molecule has 2 aromatic carbocycles. The van der Waals surface area contributed by atoms with Gasteiger partial charge in [0.2, 0.25) is 5.91 Å². The van der Waals surface area contributed by atoms with Gasteiger partial charge in [-0.15, -0.1) is 0 Å². The number of hydrogen-bond acceptors (Lipinski definition) is 3. The van der Waals surface area contributed by atoms with Crippen molar-refractivity contribution in [3.05, 3.63) is 71.3 Å². The molecule has 0 bridgehead atoms. The van der Waals surface area contributed by atoms with Crippen LogP contribution in [0.2, 0.25) is 0 Å². The molecule has 3 N–H and O–H groups in total. The summed E-state index contributed by atoms with van der Waals surface area (Å²) in [6.45, 7) is 0.286. The zero-order valence-corrected chi connectivity index (χ0v) is 13.3. The van der Waals surface area contributed by atoms with Crippen LogP contribution >= 0.6 is 0 Å². The number of carbonyl (C=O) groups excluding carboxylic acids is 1. The van der Waals surface area contributed by atoms with E-state index in [-0.39, 0.29) is 12.5 Å². The average molecular weight is 324 g/mol. The smallest absolute Gasteiger partial charge is 0.326 e. The van der Waals surface area contributed by atoms with Crippen LogP contribution in [0.15, 0.2) is 54.6 Å². The Kier molecular flexibility index (Phi) is 4.62. The van der Waals surface area contributed by atoms with Gasteiger partial charge in [0.25, 0.3) is 0 Å². The lowest BCUT2D eigenvalue weighted by atomic mass is 9.93. The maximum absolute atomic E-state index is 12.8. The number of rotatable bonds is 4. The van der Waals surface area contributed by atoms with Gasteiger partial charge in [-0.05, 0) is 23.1 Å². The van der Waals surface area contributed by atoms with Gasteiger partial charge < -0.3 is 15.7 Å². The molecule has 1 amide bonds. The molecule has 3 rings (SSSR count). The van der Waals surface area contributed by atoms with E-state index in [0.717, 1.165) is 16.7 Å². The minimum atomic E-state index is -0.996. The summed E-state index contributed by atoms with van der Waals surface area (Å²) in [5, 5.41) is 9.52. The molecule has 0 saturated carbocycles. The van der Waals surface area contributed by atoms with E-state index in [1.807, 2.05) is 54.6 Å². The highest BCUT2D eigenvalue weighted by atomic mass is 16.4. The molecule has 0 aromatic heterocycles. The number of benzene rings is 2. The van der Waals surface area contributed by atoms with E-state index in [2.05, 4.69) is 0 Å².